The first-order valence-corrected chi connectivity index (χ1v) is 8.58. The highest BCUT2D eigenvalue weighted by atomic mass is 79.9. The van der Waals surface area contributed by atoms with Crippen LogP contribution in [0.1, 0.15) is 39.2 Å². The van der Waals surface area contributed by atoms with Crippen LogP contribution in [-0.4, -0.2) is 19.8 Å². The Bertz CT molecular complexity index is 478. The summed E-state index contributed by atoms with van der Waals surface area (Å²) in [6.07, 6.45) is 2.60. The van der Waals surface area contributed by atoms with Crippen molar-refractivity contribution in [2.75, 3.05) is 13.7 Å². The summed E-state index contributed by atoms with van der Waals surface area (Å²) in [5, 5.41) is 3.69. The van der Waals surface area contributed by atoms with E-state index in [0.29, 0.717) is 12.6 Å². The van der Waals surface area contributed by atoms with E-state index >= 15 is 0 Å². The second kappa shape index (κ2) is 7.50. The fraction of sp³-hybridized carbons (Fsp3) is 0.647. The van der Waals surface area contributed by atoms with E-state index in [1.807, 2.05) is 6.92 Å². The van der Waals surface area contributed by atoms with E-state index in [4.69, 9.17) is 9.47 Å². The Hall–Kier alpha value is -0.740. The van der Waals surface area contributed by atoms with Crippen LogP contribution in [0.2, 0.25) is 0 Å². The van der Waals surface area contributed by atoms with Gasteiger partial charge in [-0.05, 0) is 65.2 Å². The molecule has 1 aliphatic carbocycles. The van der Waals surface area contributed by atoms with Crippen molar-refractivity contribution < 1.29 is 9.47 Å². The SMILES string of the molecule is CCOc1c(Br)cc(CNC2CCC(C)C2C)cc1OC. The average molecular weight is 356 g/mol. The summed E-state index contributed by atoms with van der Waals surface area (Å²) in [6, 6.07) is 4.80. The molecule has 3 atom stereocenters. The van der Waals surface area contributed by atoms with Crippen LogP contribution in [0.5, 0.6) is 11.5 Å². The molecular weight excluding hydrogens is 330 g/mol. The standard InChI is InChI=1S/C17H26BrNO2/c1-5-21-17-14(18)8-13(9-16(17)20-4)10-19-15-7-6-11(2)12(15)3/h8-9,11-12,15,19H,5-7,10H2,1-4H3. The largest absolute Gasteiger partial charge is 0.493 e. The molecule has 0 aromatic heterocycles. The molecule has 0 heterocycles. The van der Waals surface area contributed by atoms with E-state index in [0.717, 1.165) is 34.4 Å². The molecule has 1 N–H and O–H groups in total. The van der Waals surface area contributed by atoms with Gasteiger partial charge in [0.1, 0.15) is 0 Å². The van der Waals surface area contributed by atoms with Crippen molar-refractivity contribution in [3.8, 4) is 11.5 Å². The molecule has 21 heavy (non-hydrogen) atoms. The number of nitrogens with one attached hydrogen (secondary N) is 1. The highest BCUT2D eigenvalue weighted by Crippen LogP contribution is 2.37. The van der Waals surface area contributed by atoms with Gasteiger partial charge in [0.15, 0.2) is 11.5 Å². The summed E-state index contributed by atoms with van der Waals surface area (Å²) in [7, 11) is 1.68. The Morgan fingerprint density at radius 3 is 2.62 bits per heavy atom. The molecule has 1 aliphatic rings. The fourth-order valence-corrected chi connectivity index (χ4v) is 3.67. The van der Waals surface area contributed by atoms with Gasteiger partial charge in [0.05, 0.1) is 18.2 Å². The predicted octanol–water partition coefficient (Wildman–Crippen LogP) is 4.38. The second-order valence-corrected chi connectivity index (χ2v) is 6.80. The van der Waals surface area contributed by atoms with Gasteiger partial charge >= 0.3 is 0 Å². The summed E-state index contributed by atoms with van der Waals surface area (Å²) in [6.45, 7) is 8.17. The molecule has 0 aliphatic heterocycles. The second-order valence-electron chi connectivity index (χ2n) is 5.94. The predicted molar refractivity (Wildman–Crippen MR) is 90.1 cm³/mol. The molecule has 3 nitrogen and oxygen atoms in total. The van der Waals surface area contributed by atoms with Crippen LogP contribution in [0.25, 0.3) is 0 Å². The molecule has 3 unspecified atom stereocenters. The smallest absolute Gasteiger partial charge is 0.175 e. The minimum absolute atomic E-state index is 0.622. The van der Waals surface area contributed by atoms with Gasteiger partial charge in [-0.25, -0.2) is 0 Å². The minimum Gasteiger partial charge on any atom is -0.493 e. The lowest BCUT2D eigenvalue weighted by molar-refractivity contribution is 0.308. The molecule has 1 fully saturated rings. The lowest BCUT2D eigenvalue weighted by Crippen LogP contribution is -2.31. The number of methoxy groups -OCH3 is 1. The third kappa shape index (κ3) is 3.92. The van der Waals surface area contributed by atoms with Crippen molar-refractivity contribution in [3.63, 3.8) is 0 Å². The third-order valence-electron chi connectivity index (χ3n) is 4.61. The molecule has 1 aromatic carbocycles. The maximum Gasteiger partial charge on any atom is 0.175 e. The van der Waals surface area contributed by atoms with Gasteiger partial charge < -0.3 is 14.8 Å². The van der Waals surface area contributed by atoms with Crippen LogP contribution in [0.3, 0.4) is 0 Å². The van der Waals surface area contributed by atoms with Crippen molar-refractivity contribution >= 4 is 15.9 Å². The number of benzene rings is 1. The van der Waals surface area contributed by atoms with Gasteiger partial charge in [-0.15, -0.1) is 0 Å². The van der Waals surface area contributed by atoms with Gasteiger partial charge in [0, 0.05) is 12.6 Å². The number of rotatable bonds is 6. The molecule has 4 heteroatoms. The zero-order valence-corrected chi connectivity index (χ0v) is 15.0. The van der Waals surface area contributed by atoms with Gasteiger partial charge in [0.2, 0.25) is 0 Å². The Kier molecular flexibility index (Phi) is 5.94. The zero-order chi connectivity index (χ0) is 15.4. The molecule has 0 amide bonds. The van der Waals surface area contributed by atoms with Gasteiger partial charge in [-0.3, -0.25) is 0 Å². The van der Waals surface area contributed by atoms with Crippen LogP contribution in [0.15, 0.2) is 16.6 Å². The van der Waals surface area contributed by atoms with E-state index in [-0.39, 0.29) is 0 Å². The molecule has 118 valence electrons. The topological polar surface area (TPSA) is 30.5 Å². The van der Waals surface area contributed by atoms with Crippen LogP contribution >= 0.6 is 15.9 Å². The van der Waals surface area contributed by atoms with E-state index < -0.39 is 0 Å². The highest BCUT2D eigenvalue weighted by molar-refractivity contribution is 9.10. The Morgan fingerprint density at radius 1 is 1.29 bits per heavy atom. The number of halogens is 1. The summed E-state index contributed by atoms with van der Waals surface area (Å²) >= 11 is 3.58. The van der Waals surface area contributed by atoms with Crippen LogP contribution in [0, 0.1) is 11.8 Å². The molecule has 0 saturated heterocycles. The van der Waals surface area contributed by atoms with E-state index in [9.17, 15) is 0 Å². The van der Waals surface area contributed by atoms with Crippen LogP contribution < -0.4 is 14.8 Å². The lowest BCUT2D eigenvalue weighted by Gasteiger charge is -2.20. The molecule has 2 rings (SSSR count). The average Bonchev–Trinajstić information content (AvgIpc) is 2.79. The number of hydrogen-bond donors (Lipinski definition) is 1. The quantitative estimate of drug-likeness (QED) is 0.821. The van der Waals surface area contributed by atoms with E-state index in [1.54, 1.807) is 7.11 Å². The summed E-state index contributed by atoms with van der Waals surface area (Å²) < 4.78 is 12.0. The van der Waals surface area contributed by atoms with Crippen molar-refractivity contribution in [1.82, 2.24) is 5.32 Å². The van der Waals surface area contributed by atoms with E-state index in [1.165, 1.54) is 18.4 Å². The van der Waals surface area contributed by atoms with Crippen molar-refractivity contribution in [2.24, 2.45) is 11.8 Å². The minimum atomic E-state index is 0.622. The van der Waals surface area contributed by atoms with Crippen molar-refractivity contribution in [3.05, 3.63) is 22.2 Å². The first-order chi connectivity index (χ1) is 10.1. The molecular formula is C17H26BrNO2. The molecule has 1 saturated carbocycles. The highest BCUT2D eigenvalue weighted by Gasteiger charge is 2.29. The Morgan fingerprint density at radius 2 is 2.05 bits per heavy atom. The normalized spacial score (nSPS) is 25.1. The van der Waals surface area contributed by atoms with Gasteiger partial charge in [0.25, 0.3) is 0 Å². The first kappa shape index (κ1) is 16.6. The maximum absolute atomic E-state index is 5.63. The van der Waals surface area contributed by atoms with Gasteiger partial charge in [-0.1, -0.05) is 13.8 Å². The third-order valence-corrected chi connectivity index (χ3v) is 5.20. The van der Waals surface area contributed by atoms with E-state index in [2.05, 4.69) is 47.2 Å². The zero-order valence-electron chi connectivity index (χ0n) is 13.4. The first-order valence-electron chi connectivity index (χ1n) is 7.79. The molecule has 1 aromatic rings. The van der Waals surface area contributed by atoms with Gasteiger partial charge in [-0.2, -0.15) is 0 Å². The summed E-state index contributed by atoms with van der Waals surface area (Å²) in [5.74, 6) is 3.14. The lowest BCUT2D eigenvalue weighted by atomic mass is 9.97. The number of ether oxygens (including phenoxy) is 2. The fourth-order valence-electron chi connectivity index (χ4n) is 3.06. The van der Waals surface area contributed by atoms with Crippen LogP contribution in [-0.2, 0) is 6.54 Å². The molecule has 0 spiro atoms. The summed E-state index contributed by atoms with van der Waals surface area (Å²) in [4.78, 5) is 0. The maximum atomic E-state index is 5.63. The van der Waals surface area contributed by atoms with Crippen LogP contribution in [0.4, 0.5) is 0 Å². The van der Waals surface area contributed by atoms with Crippen molar-refractivity contribution in [2.45, 2.75) is 46.2 Å². The monoisotopic (exact) mass is 355 g/mol. The molecule has 0 radical (unpaired) electrons. The summed E-state index contributed by atoms with van der Waals surface area (Å²) in [5.41, 5.74) is 1.22. The van der Waals surface area contributed by atoms with Crippen molar-refractivity contribution in [1.29, 1.82) is 0 Å². The Balaban J connectivity index is 2.05. The Labute approximate surface area is 136 Å². The number of hydrogen-bond acceptors (Lipinski definition) is 3. The molecule has 0 bridgehead atoms.